The number of nitrogens with zero attached hydrogens (tertiary/aromatic N) is 2. The van der Waals surface area contributed by atoms with Gasteiger partial charge in [-0.3, -0.25) is 0 Å². The molecule has 0 saturated heterocycles. The molecule has 3 N–H and O–H groups in total. The van der Waals surface area contributed by atoms with Crippen molar-refractivity contribution < 1.29 is 4.39 Å². The van der Waals surface area contributed by atoms with Crippen LogP contribution >= 0.6 is 0 Å². The average molecular weight is 226 g/mol. The van der Waals surface area contributed by atoms with Gasteiger partial charge < -0.3 is 11.1 Å². The molecule has 5 heteroatoms. The van der Waals surface area contributed by atoms with Crippen LogP contribution in [0.3, 0.4) is 0 Å². The lowest BCUT2D eigenvalue weighted by Gasteiger charge is -2.34. The van der Waals surface area contributed by atoms with Crippen molar-refractivity contribution in [2.45, 2.75) is 33.2 Å². The van der Waals surface area contributed by atoms with Crippen LogP contribution in [0, 0.1) is 18.7 Å². The number of aromatic nitrogens is 2. The fourth-order valence-electron chi connectivity index (χ4n) is 1.25. The Labute approximate surface area is 95.5 Å². The molecule has 1 rings (SSSR count). The monoisotopic (exact) mass is 226 g/mol. The summed E-state index contributed by atoms with van der Waals surface area (Å²) < 4.78 is 13.7. The quantitative estimate of drug-likeness (QED) is 0.820. The molecule has 0 aliphatic rings. The molecule has 0 aliphatic carbocycles. The highest BCUT2D eigenvalue weighted by Gasteiger charge is 2.28. The van der Waals surface area contributed by atoms with Crippen molar-refractivity contribution in [2.24, 2.45) is 11.7 Å². The third-order valence-corrected chi connectivity index (χ3v) is 3.07. The van der Waals surface area contributed by atoms with Crippen LogP contribution in [0.25, 0.3) is 0 Å². The van der Waals surface area contributed by atoms with E-state index in [1.165, 1.54) is 6.33 Å². The third-order valence-electron chi connectivity index (χ3n) is 3.07. The number of anilines is 1. The van der Waals surface area contributed by atoms with E-state index in [-0.39, 0.29) is 17.3 Å². The molecule has 4 nitrogen and oxygen atoms in total. The summed E-state index contributed by atoms with van der Waals surface area (Å²) >= 11 is 0. The van der Waals surface area contributed by atoms with Gasteiger partial charge >= 0.3 is 0 Å². The Balaban J connectivity index is 2.99. The van der Waals surface area contributed by atoms with E-state index >= 15 is 0 Å². The molecule has 0 fully saturated rings. The Morgan fingerprint density at radius 3 is 2.62 bits per heavy atom. The van der Waals surface area contributed by atoms with Crippen molar-refractivity contribution in [3.63, 3.8) is 0 Å². The van der Waals surface area contributed by atoms with Crippen LogP contribution < -0.4 is 11.1 Å². The standard InChI is InChI=1S/C11H19FN4/c1-7(2)11(4,5-13)16-10-9(12)8(3)14-6-15-10/h6-7H,5,13H2,1-4H3,(H,14,15,16). The van der Waals surface area contributed by atoms with E-state index in [4.69, 9.17) is 5.73 Å². The predicted molar refractivity (Wildman–Crippen MR) is 62.6 cm³/mol. The summed E-state index contributed by atoms with van der Waals surface area (Å²) in [6.45, 7) is 8.04. The fourth-order valence-corrected chi connectivity index (χ4v) is 1.25. The first-order chi connectivity index (χ1) is 7.40. The Hall–Kier alpha value is -1.23. The van der Waals surface area contributed by atoms with Crippen LogP contribution in [0.15, 0.2) is 6.33 Å². The zero-order chi connectivity index (χ0) is 12.3. The zero-order valence-corrected chi connectivity index (χ0v) is 10.2. The molecule has 0 aliphatic heterocycles. The molecule has 0 aromatic carbocycles. The molecule has 1 aromatic rings. The minimum atomic E-state index is -0.414. The minimum absolute atomic E-state index is 0.217. The lowest BCUT2D eigenvalue weighted by molar-refractivity contribution is 0.378. The number of aryl methyl sites for hydroxylation is 1. The second-order valence-corrected chi connectivity index (χ2v) is 4.52. The van der Waals surface area contributed by atoms with E-state index in [2.05, 4.69) is 15.3 Å². The van der Waals surface area contributed by atoms with Gasteiger partial charge in [-0.2, -0.15) is 0 Å². The van der Waals surface area contributed by atoms with E-state index in [9.17, 15) is 4.39 Å². The Bertz CT molecular complexity index is 367. The number of halogens is 1. The smallest absolute Gasteiger partial charge is 0.186 e. The molecule has 0 bridgehead atoms. The van der Waals surface area contributed by atoms with E-state index in [0.717, 1.165) is 0 Å². The van der Waals surface area contributed by atoms with Crippen LogP contribution in [-0.4, -0.2) is 22.1 Å². The van der Waals surface area contributed by atoms with Crippen LogP contribution in [0.5, 0.6) is 0 Å². The van der Waals surface area contributed by atoms with Gasteiger partial charge in [0.1, 0.15) is 6.33 Å². The van der Waals surface area contributed by atoms with E-state index in [0.29, 0.717) is 12.2 Å². The van der Waals surface area contributed by atoms with Gasteiger partial charge in [0.2, 0.25) is 0 Å². The first-order valence-corrected chi connectivity index (χ1v) is 5.36. The molecular weight excluding hydrogens is 207 g/mol. The van der Waals surface area contributed by atoms with E-state index < -0.39 is 5.82 Å². The average Bonchev–Trinajstić information content (AvgIpc) is 2.24. The van der Waals surface area contributed by atoms with Crippen molar-refractivity contribution in [3.05, 3.63) is 17.8 Å². The Morgan fingerprint density at radius 1 is 1.50 bits per heavy atom. The normalized spacial score (nSPS) is 14.9. The summed E-state index contributed by atoms with van der Waals surface area (Å²) in [6, 6.07) is 0. The number of nitrogens with two attached hydrogens (primary N) is 1. The molecule has 0 radical (unpaired) electrons. The van der Waals surface area contributed by atoms with Crippen molar-refractivity contribution in [2.75, 3.05) is 11.9 Å². The summed E-state index contributed by atoms with van der Waals surface area (Å²) in [7, 11) is 0. The van der Waals surface area contributed by atoms with Gasteiger partial charge in [0.15, 0.2) is 11.6 Å². The fraction of sp³-hybridized carbons (Fsp3) is 0.636. The van der Waals surface area contributed by atoms with Gasteiger partial charge in [-0.05, 0) is 19.8 Å². The number of nitrogens with one attached hydrogen (secondary N) is 1. The summed E-state index contributed by atoms with van der Waals surface area (Å²) in [5.41, 5.74) is 5.68. The maximum atomic E-state index is 13.7. The summed E-state index contributed by atoms with van der Waals surface area (Å²) in [5.74, 6) is 0.0733. The molecule has 90 valence electrons. The second kappa shape index (κ2) is 4.74. The first-order valence-electron chi connectivity index (χ1n) is 5.36. The predicted octanol–water partition coefficient (Wildman–Crippen LogP) is 1.71. The molecule has 16 heavy (non-hydrogen) atoms. The van der Waals surface area contributed by atoms with Gasteiger partial charge in [-0.15, -0.1) is 0 Å². The molecular formula is C11H19FN4. The number of rotatable bonds is 4. The SMILES string of the molecule is Cc1ncnc(NC(C)(CN)C(C)C)c1F. The van der Waals surface area contributed by atoms with Crippen molar-refractivity contribution in [1.29, 1.82) is 0 Å². The van der Waals surface area contributed by atoms with Gasteiger partial charge in [0.25, 0.3) is 0 Å². The summed E-state index contributed by atoms with van der Waals surface area (Å²) in [5, 5.41) is 3.06. The maximum Gasteiger partial charge on any atom is 0.186 e. The Morgan fingerprint density at radius 2 is 2.12 bits per heavy atom. The first kappa shape index (κ1) is 12.8. The largest absolute Gasteiger partial charge is 0.361 e. The van der Waals surface area contributed by atoms with Gasteiger partial charge in [-0.25, -0.2) is 14.4 Å². The van der Waals surface area contributed by atoms with Gasteiger partial charge in [-0.1, -0.05) is 13.8 Å². The molecule has 1 atom stereocenters. The summed E-state index contributed by atoms with van der Waals surface area (Å²) in [6.07, 6.45) is 1.35. The number of hydrogen-bond donors (Lipinski definition) is 2. The Kier molecular flexibility index (Phi) is 3.80. The van der Waals surface area contributed by atoms with Crippen molar-refractivity contribution >= 4 is 5.82 Å². The molecule has 1 aromatic heterocycles. The zero-order valence-electron chi connectivity index (χ0n) is 10.2. The molecule has 1 unspecified atom stereocenters. The third kappa shape index (κ3) is 2.47. The lowest BCUT2D eigenvalue weighted by Crippen LogP contribution is -2.47. The van der Waals surface area contributed by atoms with Crippen LogP contribution in [-0.2, 0) is 0 Å². The summed E-state index contributed by atoms with van der Waals surface area (Å²) in [4.78, 5) is 7.68. The van der Waals surface area contributed by atoms with Crippen molar-refractivity contribution in [3.8, 4) is 0 Å². The topological polar surface area (TPSA) is 63.8 Å². The molecule has 0 saturated carbocycles. The maximum absolute atomic E-state index is 13.7. The van der Waals surface area contributed by atoms with E-state index in [1.807, 2.05) is 20.8 Å². The van der Waals surface area contributed by atoms with Crippen LogP contribution in [0.1, 0.15) is 26.5 Å². The number of hydrogen-bond acceptors (Lipinski definition) is 4. The van der Waals surface area contributed by atoms with Crippen molar-refractivity contribution in [1.82, 2.24) is 9.97 Å². The molecule has 0 amide bonds. The van der Waals surface area contributed by atoms with E-state index in [1.54, 1.807) is 6.92 Å². The minimum Gasteiger partial charge on any atom is -0.361 e. The van der Waals surface area contributed by atoms with Crippen LogP contribution in [0.4, 0.5) is 10.2 Å². The van der Waals surface area contributed by atoms with Gasteiger partial charge in [0.05, 0.1) is 11.2 Å². The highest BCUT2D eigenvalue weighted by Crippen LogP contribution is 2.22. The highest BCUT2D eigenvalue weighted by molar-refractivity contribution is 5.40. The van der Waals surface area contributed by atoms with Crippen LogP contribution in [0.2, 0.25) is 0 Å². The lowest BCUT2D eigenvalue weighted by atomic mass is 9.88. The molecule has 0 spiro atoms. The second-order valence-electron chi connectivity index (χ2n) is 4.52. The molecule has 1 heterocycles. The van der Waals surface area contributed by atoms with Gasteiger partial charge in [0, 0.05) is 6.54 Å². The highest BCUT2D eigenvalue weighted by atomic mass is 19.1.